The normalized spacial score (nSPS) is 24.2. The van der Waals surface area contributed by atoms with Gasteiger partial charge in [0.2, 0.25) is 11.8 Å². The molecule has 1 aromatic carbocycles. The van der Waals surface area contributed by atoms with Crippen LogP contribution in [0, 0.1) is 5.82 Å². The Morgan fingerprint density at radius 1 is 1.07 bits per heavy atom. The van der Waals surface area contributed by atoms with Crippen molar-refractivity contribution in [1.29, 1.82) is 0 Å². The highest BCUT2D eigenvalue weighted by molar-refractivity contribution is 5.92. The first kappa shape index (κ1) is 20.7. The lowest BCUT2D eigenvalue weighted by atomic mass is 10.2. The molecular weight excluding hydrogens is 363 g/mol. The van der Waals surface area contributed by atoms with Crippen LogP contribution in [0.2, 0.25) is 0 Å². The number of hydrogen-bond acceptors (Lipinski definition) is 5. The average molecular weight is 392 g/mol. The SMILES string of the molecule is C[C@H]1CN(CC(=O)N2CCN(CC(=O)Nc3cccc(F)c3)CC2)C[C@H](C)O1. The molecule has 0 aliphatic carbocycles. The number of nitrogens with zero attached hydrogens (tertiary/aromatic N) is 3. The van der Waals surface area contributed by atoms with Gasteiger partial charge >= 0.3 is 0 Å². The highest BCUT2D eigenvalue weighted by Crippen LogP contribution is 2.12. The first-order valence-electron chi connectivity index (χ1n) is 9.82. The Morgan fingerprint density at radius 3 is 2.39 bits per heavy atom. The molecule has 8 heteroatoms. The molecule has 0 aromatic heterocycles. The summed E-state index contributed by atoms with van der Waals surface area (Å²) in [4.78, 5) is 30.8. The lowest BCUT2D eigenvalue weighted by molar-refractivity contribution is -0.137. The summed E-state index contributed by atoms with van der Waals surface area (Å²) in [6.45, 7) is 8.78. The van der Waals surface area contributed by atoms with Crippen LogP contribution in [0.4, 0.5) is 10.1 Å². The Balaban J connectivity index is 1.40. The van der Waals surface area contributed by atoms with Crippen molar-refractivity contribution in [3.8, 4) is 0 Å². The number of nitrogens with one attached hydrogen (secondary N) is 1. The zero-order chi connectivity index (χ0) is 20.1. The van der Waals surface area contributed by atoms with Crippen molar-refractivity contribution >= 4 is 17.5 Å². The molecule has 2 fully saturated rings. The second kappa shape index (κ2) is 9.45. The number of rotatable bonds is 5. The summed E-state index contributed by atoms with van der Waals surface area (Å²) in [7, 11) is 0. The number of carbonyl (C=O) groups is 2. The maximum absolute atomic E-state index is 13.2. The van der Waals surface area contributed by atoms with E-state index in [4.69, 9.17) is 4.74 Å². The van der Waals surface area contributed by atoms with Gasteiger partial charge in [0.25, 0.3) is 0 Å². The number of benzene rings is 1. The number of ether oxygens (including phenoxy) is 1. The van der Waals surface area contributed by atoms with E-state index in [1.165, 1.54) is 12.1 Å². The van der Waals surface area contributed by atoms with E-state index in [1.54, 1.807) is 12.1 Å². The number of morpholine rings is 1. The van der Waals surface area contributed by atoms with Gasteiger partial charge in [-0.15, -0.1) is 0 Å². The summed E-state index contributed by atoms with van der Waals surface area (Å²) in [5.41, 5.74) is 0.452. The molecule has 0 spiro atoms. The van der Waals surface area contributed by atoms with Crippen LogP contribution in [0.25, 0.3) is 0 Å². The molecule has 3 rings (SSSR count). The van der Waals surface area contributed by atoms with Crippen LogP contribution >= 0.6 is 0 Å². The number of amides is 2. The van der Waals surface area contributed by atoms with E-state index < -0.39 is 0 Å². The predicted molar refractivity (Wildman–Crippen MR) is 104 cm³/mol. The molecule has 1 aromatic rings. The first-order chi connectivity index (χ1) is 13.4. The van der Waals surface area contributed by atoms with Crippen molar-refractivity contribution in [2.24, 2.45) is 0 Å². The fourth-order valence-corrected chi connectivity index (χ4v) is 3.83. The molecule has 0 unspecified atom stereocenters. The molecule has 2 amide bonds. The van der Waals surface area contributed by atoms with Gasteiger partial charge in [-0.1, -0.05) is 6.07 Å². The second-order valence-corrected chi connectivity index (χ2v) is 7.67. The number of anilines is 1. The van der Waals surface area contributed by atoms with E-state index in [2.05, 4.69) is 10.2 Å². The molecule has 28 heavy (non-hydrogen) atoms. The smallest absolute Gasteiger partial charge is 0.238 e. The molecule has 154 valence electrons. The van der Waals surface area contributed by atoms with Crippen LogP contribution in [0.15, 0.2) is 24.3 Å². The van der Waals surface area contributed by atoms with Gasteiger partial charge in [0.15, 0.2) is 0 Å². The van der Waals surface area contributed by atoms with Crippen LogP contribution in [0.1, 0.15) is 13.8 Å². The number of carbonyl (C=O) groups excluding carboxylic acids is 2. The quantitative estimate of drug-likeness (QED) is 0.811. The monoisotopic (exact) mass is 392 g/mol. The largest absolute Gasteiger partial charge is 0.373 e. The fourth-order valence-electron chi connectivity index (χ4n) is 3.83. The van der Waals surface area contributed by atoms with Crippen LogP contribution in [0.5, 0.6) is 0 Å². The lowest BCUT2D eigenvalue weighted by Crippen LogP contribution is -2.54. The molecule has 0 radical (unpaired) electrons. The third-order valence-corrected chi connectivity index (χ3v) is 5.05. The number of piperazine rings is 1. The van der Waals surface area contributed by atoms with Crippen molar-refractivity contribution in [2.45, 2.75) is 26.1 Å². The Bertz CT molecular complexity index is 684. The van der Waals surface area contributed by atoms with Crippen molar-refractivity contribution in [1.82, 2.24) is 14.7 Å². The molecule has 7 nitrogen and oxygen atoms in total. The number of hydrogen-bond donors (Lipinski definition) is 1. The van der Waals surface area contributed by atoms with E-state index >= 15 is 0 Å². The van der Waals surface area contributed by atoms with Crippen LogP contribution < -0.4 is 5.32 Å². The van der Waals surface area contributed by atoms with Crippen molar-refractivity contribution in [2.75, 3.05) is 57.7 Å². The lowest BCUT2D eigenvalue weighted by Gasteiger charge is -2.38. The Kier molecular flexibility index (Phi) is 6.98. The van der Waals surface area contributed by atoms with Crippen molar-refractivity contribution < 1.29 is 18.7 Å². The topological polar surface area (TPSA) is 65.1 Å². The average Bonchev–Trinajstić information content (AvgIpc) is 2.61. The van der Waals surface area contributed by atoms with Gasteiger partial charge < -0.3 is 15.0 Å². The summed E-state index contributed by atoms with van der Waals surface area (Å²) in [6.07, 6.45) is 0.287. The van der Waals surface area contributed by atoms with E-state index in [0.717, 1.165) is 13.1 Å². The standard InChI is InChI=1S/C20H29FN4O3/c1-15-11-24(12-16(2)28-15)14-20(27)25-8-6-23(7-9-25)13-19(26)22-18-5-3-4-17(21)10-18/h3-5,10,15-16H,6-9,11-14H2,1-2H3,(H,22,26)/t15-,16-/m0/s1. The highest BCUT2D eigenvalue weighted by Gasteiger charge is 2.27. The molecule has 2 atom stereocenters. The Hall–Kier alpha value is -2.03. The number of halogens is 1. The van der Waals surface area contributed by atoms with Crippen LogP contribution in [0.3, 0.4) is 0 Å². The zero-order valence-corrected chi connectivity index (χ0v) is 16.6. The molecule has 0 saturated carbocycles. The highest BCUT2D eigenvalue weighted by atomic mass is 19.1. The van der Waals surface area contributed by atoms with Gasteiger partial charge in [0.05, 0.1) is 25.3 Å². The van der Waals surface area contributed by atoms with Crippen LogP contribution in [-0.2, 0) is 14.3 Å². The molecule has 2 saturated heterocycles. The fraction of sp³-hybridized carbons (Fsp3) is 0.600. The molecule has 1 N–H and O–H groups in total. The summed E-state index contributed by atoms with van der Waals surface area (Å²) >= 11 is 0. The van der Waals surface area contributed by atoms with E-state index in [1.807, 2.05) is 23.6 Å². The third kappa shape index (κ3) is 5.98. The van der Waals surface area contributed by atoms with Crippen molar-refractivity contribution in [3.63, 3.8) is 0 Å². The van der Waals surface area contributed by atoms with E-state index in [9.17, 15) is 14.0 Å². The van der Waals surface area contributed by atoms with E-state index in [-0.39, 0.29) is 36.4 Å². The second-order valence-electron chi connectivity index (χ2n) is 7.67. The Labute approximate surface area is 165 Å². The predicted octanol–water partition coefficient (Wildman–Crippen LogP) is 1.02. The molecule has 2 heterocycles. The minimum atomic E-state index is -0.381. The molecular formula is C20H29FN4O3. The van der Waals surface area contributed by atoms with E-state index in [0.29, 0.717) is 38.4 Å². The van der Waals surface area contributed by atoms with Gasteiger partial charge in [0, 0.05) is 45.0 Å². The minimum Gasteiger partial charge on any atom is -0.373 e. The van der Waals surface area contributed by atoms with Crippen molar-refractivity contribution in [3.05, 3.63) is 30.1 Å². The van der Waals surface area contributed by atoms with Gasteiger partial charge in [-0.05, 0) is 32.0 Å². The summed E-state index contributed by atoms with van der Waals surface area (Å²) in [5, 5.41) is 2.71. The first-order valence-corrected chi connectivity index (χ1v) is 9.82. The molecule has 0 bridgehead atoms. The van der Waals surface area contributed by atoms with Gasteiger partial charge in [-0.25, -0.2) is 4.39 Å². The van der Waals surface area contributed by atoms with Gasteiger partial charge in [-0.2, -0.15) is 0 Å². The summed E-state index contributed by atoms with van der Waals surface area (Å²) in [6, 6.07) is 5.85. The maximum Gasteiger partial charge on any atom is 0.238 e. The summed E-state index contributed by atoms with van der Waals surface area (Å²) < 4.78 is 18.9. The third-order valence-electron chi connectivity index (χ3n) is 5.05. The molecule has 2 aliphatic rings. The summed E-state index contributed by atoms with van der Waals surface area (Å²) in [5.74, 6) is -0.430. The van der Waals surface area contributed by atoms with Crippen LogP contribution in [-0.4, -0.2) is 91.1 Å². The van der Waals surface area contributed by atoms with Gasteiger partial charge in [0.1, 0.15) is 5.82 Å². The van der Waals surface area contributed by atoms with Gasteiger partial charge in [-0.3, -0.25) is 19.4 Å². The molecule has 2 aliphatic heterocycles. The Morgan fingerprint density at radius 2 is 1.75 bits per heavy atom. The zero-order valence-electron chi connectivity index (χ0n) is 16.6. The maximum atomic E-state index is 13.2. The minimum absolute atomic E-state index is 0.130.